The van der Waals surface area contributed by atoms with Crippen LogP contribution in [0.3, 0.4) is 0 Å². The van der Waals surface area contributed by atoms with Crippen LogP contribution < -0.4 is 0 Å². The molecule has 1 fully saturated rings. The third-order valence-corrected chi connectivity index (χ3v) is 8.72. The molecular formula is C36H43NO10. The molecule has 0 radical (unpaired) electrons. The van der Waals surface area contributed by atoms with Crippen molar-refractivity contribution in [1.82, 2.24) is 0 Å². The molecule has 1 aliphatic rings. The highest BCUT2D eigenvalue weighted by Crippen LogP contribution is 2.36. The van der Waals surface area contributed by atoms with Gasteiger partial charge in [0, 0.05) is 5.56 Å². The van der Waals surface area contributed by atoms with Crippen molar-refractivity contribution in [1.29, 1.82) is 0 Å². The van der Waals surface area contributed by atoms with E-state index in [2.05, 4.69) is 11.2 Å². The van der Waals surface area contributed by atoms with Crippen LogP contribution >= 0.6 is 0 Å². The Hall–Kier alpha value is -4.35. The molecule has 1 heterocycles. The van der Waals surface area contributed by atoms with Gasteiger partial charge >= 0.3 is 23.9 Å². The first-order chi connectivity index (χ1) is 22.6. The van der Waals surface area contributed by atoms with E-state index in [-0.39, 0.29) is 38.6 Å². The number of esters is 3. The molecule has 0 saturated carbocycles. The predicted molar refractivity (Wildman–Crippen MR) is 174 cm³/mol. The number of benzene rings is 3. The maximum absolute atomic E-state index is 13.3. The zero-order valence-corrected chi connectivity index (χ0v) is 27.3. The van der Waals surface area contributed by atoms with Gasteiger partial charge in [-0.05, 0) is 60.2 Å². The topological polar surface area (TPSA) is 150 Å². The van der Waals surface area contributed by atoms with Gasteiger partial charge in [-0.1, -0.05) is 67.5 Å². The Bertz CT molecular complexity index is 1550. The summed E-state index contributed by atoms with van der Waals surface area (Å²) in [6.45, 7) is 5.00. The summed E-state index contributed by atoms with van der Waals surface area (Å²) in [5.41, 5.74) is -0.230. The minimum Gasteiger partial charge on any atom is -0.469 e. The van der Waals surface area contributed by atoms with Gasteiger partial charge in [-0.2, -0.15) is 0 Å². The number of epoxide rings is 1. The van der Waals surface area contributed by atoms with Gasteiger partial charge in [0.05, 0.1) is 49.7 Å². The van der Waals surface area contributed by atoms with Crippen LogP contribution in [-0.4, -0.2) is 74.8 Å². The molecule has 1 saturated heterocycles. The van der Waals surface area contributed by atoms with Gasteiger partial charge in [0.1, 0.15) is 19.3 Å². The highest BCUT2D eigenvalue weighted by molar-refractivity contribution is 6.13. The first-order valence-electron chi connectivity index (χ1n) is 15.9. The number of hydrogen-bond acceptors (Lipinski definition) is 11. The molecule has 47 heavy (non-hydrogen) atoms. The van der Waals surface area contributed by atoms with Crippen molar-refractivity contribution >= 4 is 51.6 Å². The number of aliphatic hydroxyl groups excluding tert-OH is 1. The minimum atomic E-state index is -1.03. The molecule has 3 aromatic rings. The number of aliphatic hydroxyl groups is 1. The van der Waals surface area contributed by atoms with E-state index in [0.717, 1.165) is 27.1 Å². The third-order valence-electron chi connectivity index (χ3n) is 8.72. The van der Waals surface area contributed by atoms with Crippen LogP contribution in [0, 0.1) is 23.2 Å². The van der Waals surface area contributed by atoms with Crippen LogP contribution in [0.4, 0.5) is 0 Å². The van der Waals surface area contributed by atoms with E-state index in [9.17, 15) is 24.3 Å². The fourth-order valence-corrected chi connectivity index (χ4v) is 5.71. The first-order valence-corrected chi connectivity index (χ1v) is 15.9. The lowest BCUT2D eigenvalue weighted by atomic mass is 9.75. The Morgan fingerprint density at radius 2 is 1.60 bits per heavy atom. The third kappa shape index (κ3) is 9.36. The summed E-state index contributed by atoms with van der Waals surface area (Å²) in [7, 11) is 1.28. The number of oxime groups is 1. The Morgan fingerprint density at radius 1 is 0.979 bits per heavy atom. The number of carbonyl (C=O) groups excluding carboxylic acids is 4. The molecule has 11 nitrogen and oxygen atoms in total. The van der Waals surface area contributed by atoms with Crippen LogP contribution in [0.2, 0.25) is 0 Å². The second kappa shape index (κ2) is 16.5. The number of rotatable bonds is 17. The zero-order chi connectivity index (χ0) is 34.0. The molecule has 1 aliphatic heterocycles. The average Bonchev–Trinajstić information content (AvgIpc) is 3.92. The first kappa shape index (κ1) is 35.5. The quantitative estimate of drug-likeness (QED) is 0.0404. The largest absolute Gasteiger partial charge is 0.469 e. The highest BCUT2D eigenvalue weighted by atomic mass is 16.7. The van der Waals surface area contributed by atoms with Gasteiger partial charge in [0.2, 0.25) is 0 Å². The van der Waals surface area contributed by atoms with Crippen LogP contribution in [-0.2, 0) is 43.0 Å². The maximum atomic E-state index is 13.3. The molecule has 11 heteroatoms. The van der Waals surface area contributed by atoms with E-state index in [0.29, 0.717) is 13.0 Å². The molecule has 0 bridgehead atoms. The summed E-state index contributed by atoms with van der Waals surface area (Å²) in [6.07, 6.45) is 1.66. The molecule has 5 unspecified atom stereocenters. The molecule has 5 atom stereocenters. The molecule has 252 valence electrons. The highest BCUT2D eigenvalue weighted by Gasteiger charge is 2.41. The summed E-state index contributed by atoms with van der Waals surface area (Å²) < 4.78 is 20.9. The minimum absolute atomic E-state index is 0.0353. The number of nitrogens with zero attached hydrogens (tertiary/aromatic N) is 1. The molecule has 4 rings (SSSR count). The SMILES string of the molecule is CCC(C)(CC(CC(CC(C)C(=O)ON=Cc1c2ccccc2cc2ccccc12)C(=O)OCCO)C(=O)OCC1CO1)C(=O)OC. The number of methoxy groups -OCH3 is 1. The van der Waals surface area contributed by atoms with Crippen LogP contribution in [0.1, 0.15) is 52.0 Å². The maximum Gasteiger partial charge on any atom is 0.337 e. The Balaban J connectivity index is 1.52. The summed E-state index contributed by atoms with van der Waals surface area (Å²) in [5.74, 6) is -5.12. The molecular weight excluding hydrogens is 606 g/mol. The van der Waals surface area contributed by atoms with E-state index in [1.807, 2.05) is 55.5 Å². The van der Waals surface area contributed by atoms with Crippen molar-refractivity contribution in [2.75, 3.05) is 33.5 Å². The van der Waals surface area contributed by atoms with E-state index in [1.165, 1.54) is 13.3 Å². The predicted octanol–water partition coefficient (Wildman–Crippen LogP) is 4.98. The van der Waals surface area contributed by atoms with Crippen molar-refractivity contribution in [2.24, 2.45) is 28.3 Å². The van der Waals surface area contributed by atoms with Crippen LogP contribution in [0.15, 0.2) is 59.8 Å². The average molecular weight is 650 g/mol. The van der Waals surface area contributed by atoms with Gasteiger partial charge in [-0.3, -0.25) is 14.4 Å². The van der Waals surface area contributed by atoms with Gasteiger partial charge in [-0.25, -0.2) is 4.79 Å². The number of ether oxygens (including phenoxy) is 4. The number of fused-ring (bicyclic) bond motifs is 2. The van der Waals surface area contributed by atoms with Crippen LogP contribution in [0.5, 0.6) is 0 Å². The van der Waals surface area contributed by atoms with Gasteiger partial charge in [-0.15, -0.1) is 0 Å². The van der Waals surface area contributed by atoms with Crippen molar-refractivity contribution in [3.8, 4) is 0 Å². The summed E-state index contributed by atoms with van der Waals surface area (Å²) in [5, 5.41) is 17.2. The number of carbonyl (C=O) groups is 4. The van der Waals surface area contributed by atoms with Crippen molar-refractivity contribution < 1.29 is 48.1 Å². The normalized spacial score (nSPS) is 17.4. The fourth-order valence-electron chi connectivity index (χ4n) is 5.71. The Labute approximate surface area is 274 Å². The van der Waals surface area contributed by atoms with E-state index < -0.39 is 53.7 Å². The second-order valence-corrected chi connectivity index (χ2v) is 12.2. The second-order valence-electron chi connectivity index (χ2n) is 12.2. The molecule has 0 aliphatic carbocycles. The van der Waals surface area contributed by atoms with Gasteiger partial charge in [0.25, 0.3) is 0 Å². The molecule has 0 spiro atoms. The lowest BCUT2D eigenvalue weighted by Crippen LogP contribution is -2.36. The van der Waals surface area contributed by atoms with Crippen molar-refractivity contribution in [2.45, 2.75) is 52.6 Å². The van der Waals surface area contributed by atoms with E-state index in [1.54, 1.807) is 13.8 Å². The van der Waals surface area contributed by atoms with Gasteiger partial charge in [0.15, 0.2) is 0 Å². The lowest BCUT2D eigenvalue weighted by molar-refractivity contribution is -0.159. The van der Waals surface area contributed by atoms with Crippen molar-refractivity contribution in [3.63, 3.8) is 0 Å². The number of hydrogen-bond donors (Lipinski definition) is 1. The fraction of sp³-hybridized carbons (Fsp3) is 0.472. The summed E-state index contributed by atoms with van der Waals surface area (Å²) in [4.78, 5) is 57.6. The monoisotopic (exact) mass is 649 g/mol. The molecule has 3 aromatic carbocycles. The Kier molecular flexibility index (Phi) is 12.4. The van der Waals surface area contributed by atoms with Gasteiger partial charge < -0.3 is 28.9 Å². The smallest absolute Gasteiger partial charge is 0.337 e. The zero-order valence-electron chi connectivity index (χ0n) is 27.3. The Morgan fingerprint density at radius 3 is 2.17 bits per heavy atom. The summed E-state index contributed by atoms with van der Waals surface area (Å²) in [6, 6.07) is 17.8. The lowest BCUT2D eigenvalue weighted by Gasteiger charge is -2.30. The summed E-state index contributed by atoms with van der Waals surface area (Å²) >= 11 is 0. The molecule has 1 N–H and O–H groups in total. The van der Waals surface area contributed by atoms with E-state index in [4.69, 9.17) is 23.8 Å². The molecule has 0 amide bonds. The molecule has 0 aromatic heterocycles. The van der Waals surface area contributed by atoms with E-state index >= 15 is 0 Å². The standard InChI is InChI=1S/C36H43NO10/c1-5-36(3,35(42)43-4)19-27(34(41)46-22-28-21-45-28)18-26(33(40)44-15-14-38)16-23(2)32(39)47-37-20-31-29-12-8-6-10-24(29)17-25-11-7-9-13-30(25)31/h6-13,17,20,23,26-28,38H,5,14-16,18-19,21-22H2,1-4H3. The van der Waals surface area contributed by atoms with Crippen molar-refractivity contribution in [3.05, 3.63) is 60.2 Å². The van der Waals surface area contributed by atoms with Crippen LogP contribution in [0.25, 0.3) is 21.5 Å².